The van der Waals surface area contributed by atoms with Gasteiger partial charge in [-0.25, -0.2) is 0 Å². The minimum Gasteiger partial charge on any atom is -0.300 e. The summed E-state index contributed by atoms with van der Waals surface area (Å²) in [6, 6.07) is 0.786. The van der Waals surface area contributed by atoms with E-state index in [2.05, 4.69) is 48.5 Å². The van der Waals surface area contributed by atoms with E-state index < -0.39 is 0 Å². The van der Waals surface area contributed by atoms with Crippen LogP contribution in [0.4, 0.5) is 0 Å². The fraction of sp³-hybridized carbons (Fsp3) is 1.00. The van der Waals surface area contributed by atoms with Crippen LogP contribution in [0.2, 0.25) is 0 Å². The first-order chi connectivity index (χ1) is 8.06. The second-order valence-electron chi connectivity index (χ2n) is 6.28. The largest absolute Gasteiger partial charge is 0.300 e. The van der Waals surface area contributed by atoms with Gasteiger partial charge >= 0.3 is 0 Å². The van der Waals surface area contributed by atoms with E-state index in [1.807, 2.05) is 0 Å². The van der Waals surface area contributed by atoms with Crippen LogP contribution in [0.15, 0.2) is 0 Å². The third kappa shape index (κ3) is 4.24. The molecule has 102 valence electrons. The Morgan fingerprint density at radius 2 is 1.76 bits per heavy atom. The monoisotopic (exact) mass is 303 g/mol. The van der Waals surface area contributed by atoms with Gasteiger partial charge in [-0.1, -0.05) is 50.0 Å². The Morgan fingerprint density at radius 3 is 2.06 bits per heavy atom. The van der Waals surface area contributed by atoms with E-state index in [1.165, 1.54) is 50.5 Å². The summed E-state index contributed by atoms with van der Waals surface area (Å²) in [5, 5.41) is 1.19. The SMILES string of the molecule is CCC(CC)N(CC(C)C)CC1(CBr)CCC1. The third-order valence-corrected chi connectivity index (χ3v) is 5.48. The molecule has 0 radical (unpaired) electrons. The average molecular weight is 304 g/mol. The molecule has 0 unspecified atom stereocenters. The van der Waals surface area contributed by atoms with E-state index in [9.17, 15) is 0 Å². The first-order valence-corrected chi connectivity index (χ1v) is 8.49. The fourth-order valence-corrected chi connectivity index (χ4v) is 3.80. The molecule has 2 heteroatoms. The van der Waals surface area contributed by atoms with Gasteiger partial charge in [0.2, 0.25) is 0 Å². The van der Waals surface area contributed by atoms with Gasteiger partial charge in [0.1, 0.15) is 0 Å². The van der Waals surface area contributed by atoms with Crippen LogP contribution in [0.5, 0.6) is 0 Å². The molecular weight excluding hydrogens is 274 g/mol. The molecule has 17 heavy (non-hydrogen) atoms. The Kier molecular flexibility index (Phi) is 6.50. The summed E-state index contributed by atoms with van der Waals surface area (Å²) in [4.78, 5) is 2.77. The Labute approximate surface area is 116 Å². The third-order valence-electron chi connectivity index (χ3n) is 4.29. The molecule has 1 saturated carbocycles. The molecule has 1 aliphatic carbocycles. The lowest BCUT2D eigenvalue weighted by Gasteiger charge is -2.46. The molecule has 1 nitrogen and oxygen atoms in total. The highest BCUT2D eigenvalue weighted by molar-refractivity contribution is 9.09. The molecule has 0 atom stereocenters. The fourth-order valence-electron chi connectivity index (χ4n) is 3.06. The van der Waals surface area contributed by atoms with Gasteiger partial charge in [0.25, 0.3) is 0 Å². The number of rotatable bonds is 8. The Balaban J connectivity index is 2.61. The topological polar surface area (TPSA) is 3.24 Å². The molecule has 1 rings (SSSR count). The second-order valence-corrected chi connectivity index (χ2v) is 6.84. The van der Waals surface area contributed by atoms with Gasteiger partial charge in [-0.15, -0.1) is 0 Å². The average Bonchev–Trinajstić information content (AvgIpc) is 2.24. The van der Waals surface area contributed by atoms with Crippen molar-refractivity contribution in [3.05, 3.63) is 0 Å². The van der Waals surface area contributed by atoms with Crippen molar-refractivity contribution in [3.63, 3.8) is 0 Å². The molecule has 0 saturated heterocycles. The van der Waals surface area contributed by atoms with Gasteiger partial charge in [-0.05, 0) is 37.0 Å². The molecule has 0 bridgehead atoms. The molecule has 0 N–H and O–H groups in total. The van der Waals surface area contributed by atoms with Crippen LogP contribution < -0.4 is 0 Å². The maximum Gasteiger partial charge on any atom is 0.0100 e. The zero-order valence-electron chi connectivity index (χ0n) is 12.1. The molecule has 0 aromatic carbocycles. The molecule has 0 heterocycles. The summed E-state index contributed by atoms with van der Waals surface area (Å²) in [5.41, 5.74) is 0.595. The van der Waals surface area contributed by atoms with E-state index >= 15 is 0 Å². The summed E-state index contributed by atoms with van der Waals surface area (Å²) in [7, 11) is 0. The smallest absolute Gasteiger partial charge is 0.0100 e. The van der Waals surface area contributed by atoms with E-state index in [0.717, 1.165) is 12.0 Å². The van der Waals surface area contributed by atoms with Crippen molar-refractivity contribution in [1.82, 2.24) is 4.90 Å². The zero-order chi connectivity index (χ0) is 12.9. The van der Waals surface area contributed by atoms with Gasteiger partial charge < -0.3 is 0 Å². The predicted molar refractivity (Wildman–Crippen MR) is 80.9 cm³/mol. The first kappa shape index (κ1) is 15.5. The van der Waals surface area contributed by atoms with E-state index in [1.54, 1.807) is 0 Å². The lowest BCUT2D eigenvalue weighted by atomic mass is 9.70. The lowest BCUT2D eigenvalue weighted by Crippen LogP contribution is -2.48. The van der Waals surface area contributed by atoms with Crippen LogP contribution in [0.3, 0.4) is 0 Å². The molecule has 1 fully saturated rings. The zero-order valence-corrected chi connectivity index (χ0v) is 13.7. The van der Waals surface area contributed by atoms with Crippen molar-refractivity contribution in [3.8, 4) is 0 Å². The Hall–Kier alpha value is 0.440. The van der Waals surface area contributed by atoms with E-state index in [-0.39, 0.29) is 0 Å². The van der Waals surface area contributed by atoms with Crippen molar-refractivity contribution in [2.24, 2.45) is 11.3 Å². The number of hydrogen-bond acceptors (Lipinski definition) is 1. The molecule has 0 aromatic heterocycles. The molecular formula is C15H30BrN. The van der Waals surface area contributed by atoms with Crippen molar-refractivity contribution in [1.29, 1.82) is 0 Å². The molecule has 0 aliphatic heterocycles. The van der Waals surface area contributed by atoms with Gasteiger partial charge in [-0.2, -0.15) is 0 Å². The summed E-state index contributed by atoms with van der Waals surface area (Å²) >= 11 is 3.74. The molecule has 0 aromatic rings. The lowest BCUT2D eigenvalue weighted by molar-refractivity contribution is 0.0538. The number of hydrogen-bond donors (Lipinski definition) is 0. The molecule has 1 aliphatic rings. The van der Waals surface area contributed by atoms with Crippen LogP contribution in [-0.4, -0.2) is 29.4 Å². The highest BCUT2D eigenvalue weighted by Gasteiger charge is 2.38. The predicted octanol–water partition coefficient (Wildman–Crippen LogP) is 4.70. The van der Waals surface area contributed by atoms with Gasteiger partial charge in [-0.3, -0.25) is 4.90 Å². The standard InChI is InChI=1S/C15H30BrN/c1-5-14(6-2)17(10-13(3)4)12-15(11-16)8-7-9-15/h13-14H,5-12H2,1-4H3. The summed E-state index contributed by atoms with van der Waals surface area (Å²) in [6.45, 7) is 11.9. The second kappa shape index (κ2) is 7.13. The molecule has 0 spiro atoms. The van der Waals surface area contributed by atoms with Crippen LogP contribution in [0, 0.1) is 11.3 Å². The van der Waals surface area contributed by atoms with Gasteiger partial charge in [0.15, 0.2) is 0 Å². The Morgan fingerprint density at radius 1 is 1.18 bits per heavy atom. The summed E-state index contributed by atoms with van der Waals surface area (Å²) in [5.74, 6) is 0.781. The van der Waals surface area contributed by atoms with Crippen molar-refractivity contribution >= 4 is 15.9 Å². The van der Waals surface area contributed by atoms with E-state index in [0.29, 0.717) is 5.41 Å². The van der Waals surface area contributed by atoms with Crippen molar-refractivity contribution in [2.45, 2.75) is 65.8 Å². The Bertz CT molecular complexity index is 201. The summed E-state index contributed by atoms with van der Waals surface area (Å²) < 4.78 is 0. The van der Waals surface area contributed by atoms with Gasteiger partial charge in [0, 0.05) is 24.5 Å². The normalized spacial score (nSPS) is 19.1. The number of alkyl halides is 1. The molecule has 0 amide bonds. The van der Waals surface area contributed by atoms with E-state index in [4.69, 9.17) is 0 Å². The van der Waals surface area contributed by atoms with Crippen LogP contribution in [0.25, 0.3) is 0 Å². The minimum atomic E-state index is 0.595. The minimum absolute atomic E-state index is 0.595. The van der Waals surface area contributed by atoms with Crippen LogP contribution in [0.1, 0.15) is 59.8 Å². The maximum absolute atomic E-state index is 3.74. The highest BCUT2D eigenvalue weighted by Crippen LogP contribution is 2.43. The maximum atomic E-state index is 3.74. The quantitative estimate of drug-likeness (QED) is 0.588. The number of nitrogens with zero attached hydrogens (tertiary/aromatic N) is 1. The first-order valence-electron chi connectivity index (χ1n) is 7.37. The van der Waals surface area contributed by atoms with Crippen molar-refractivity contribution in [2.75, 3.05) is 18.4 Å². The number of halogens is 1. The highest BCUT2D eigenvalue weighted by atomic mass is 79.9. The van der Waals surface area contributed by atoms with Crippen LogP contribution >= 0.6 is 15.9 Å². The van der Waals surface area contributed by atoms with Crippen LogP contribution in [-0.2, 0) is 0 Å². The summed E-state index contributed by atoms with van der Waals surface area (Å²) in [6.07, 6.45) is 6.87. The van der Waals surface area contributed by atoms with Crippen molar-refractivity contribution < 1.29 is 0 Å². The van der Waals surface area contributed by atoms with Gasteiger partial charge in [0.05, 0.1) is 0 Å².